The lowest BCUT2D eigenvalue weighted by atomic mass is 9.79. The Kier molecular flexibility index (Phi) is 7.57. The molecule has 228 valence electrons. The fourth-order valence-corrected chi connectivity index (χ4v) is 5.47. The van der Waals surface area contributed by atoms with Crippen LogP contribution in [0.3, 0.4) is 0 Å². The molecule has 3 aromatic rings. The number of hydrogen-bond donors (Lipinski definition) is 12. The number of fused-ring (bicyclic) bond motifs is 1. The van der Waals surface area contributed by atoms with Crippen molar-refractivity contribution in [3.63, 3.8) is 0 Å². The van der Waals surface area contributed by atoms with Crippen molar-refractivity contribution in [2.45, 2.75) is 54.6 Å². The van der Waals surface area contributed by atoms with E-state index < -0.39 is 118 Å². The lowest BCUT2D eigenvalue weighted by Crippen LogP contribution is -2.54. The molecule has 0 spiro atoms. The molecular formula is C26H28O16. The number of benzene rings is 2. The van der Waals surface area contributed by atoms with Crippen molar-refractivity contribution in [3.8, 4) is 34.3 Å². The van der Waals surface area contributed by atoms with Gasteiger partial charge in [0.05, 0.1) is 31.0 Å². The standard InChI is InChI=1S/C26H28O16/c27-5-12-14(19(34)20(35)24(37)41-12)15-17(32)13-10(31)4-11(7-1-2-8(29)9(30)3-7)40-21(13)16(18(15)33)23-26(39,6-28)22(36)25(38)42-23/h1-4,12,14,19-20,22-25,27-30,32-39H,5-6H2/t12-,14+,19+,20-,22+,23?,24-,25-,26+/m1/s1. The monoisotopic (exact) mass is 596 g/mol. The zero-order chi connectivity index (χ0) is 30.8. The summed E-state index contributed by atoms with van der Waals surface area (Å²) < 4.78 is 16.2. The molecule has 16 nitrogen and oxygen atoms in total. The van der Waals surface area contributed by atoms with Gasteiger partial charge in [-0.3, -0.25) is 4.79 Å². The van der Waals surface area contributed by atoms with Gasteiger partial charge in [-0.15, -0.1) is 0 Å². The lowest BCUT2D eigenvalue weighted by Gasteiger charge is -2.41. The molecule has 1 unspecified atom stereocenters. The minimum absolute atomic E-state index is 0.0108. The Bertz CT molecular complexity index is 1570. The number of aliphatic hydroxyl groups is 8. The quantitative estimate of drug-likeness (QED) is 0.133. The van der Waals surface area contributed by atoms with Crippen molar-refractivity contribution in [3.05, 3.63) is 45.6 Å². The number of phenols is 4. The molecule has 0 bridgehead atoms. The van der Waals surface area contributed by atoms with Crippen LogP contribution in [0.25, 0.3) is 22.3 Å². The third kappa shape index (κ3) is 4.36. The van der Waals surface area contributed by atoms with Crippen LogP contribution in [0.4, 0.5) is 0 Å². The molecule has 2 aliphatic rings. The average Bonchev–Trinajstić information content (AvgIpc) is 3.17. The summed E-state index contributed by atoms with van der Waals surface area (Å²) in [6.45, 7) is -2.21. The Morgan fingerprint density at radius 3 is 2.12 bits per heavy atom. The maximum atomic E-state index is 13.5. The van der Waals surface area contributed by atoms with Crippen LogP contribution in [0.1, 0.15) is 23.1 Å². The minimum Gasteiger partial charge on any atom is -0.507 e. The van der Waals surface area contributed by atoms with Crippen LogP contribution in [-0.4, -0.2) is 117 Å². The highest BCUT2D eigenvalue weighted by atomic mass is 16.7. The highest BCUT2D eigenvalue weighted by molar-refractivity contribution is 5.92. The van der Waals surface area contributed by atoms with E-state index >= 15 is 0 Å². The summed E-state index contributed by atoms with van der Waals surface area (Å²) >= 11 is 0. The zero-order valence-electron chi connectivity index (χ0n) is 21.3. The van der Waals surface area contributed by atoms with E-state index in [1.165, 1.54) is 6.07 Å². The molecule has 3 heterocycles. The molecule has 9 atom stereocenters. The van der Waals surface area contributed by atoms with E-state index in [0.29, 0.717) is 0 Å². The number of hydrogen-bond acceptors (Lipinski definition) is 16. The number of aliphatic hydroxyl groups excluding tert-OH is 7. The summed E-state index contributed by atoms with van der Waals surface area (Å²) in [5.74, 6) is -5.29. The summed E-state index contributed by atoms with van der Waals surface area (Å²) in [5.41, 5.74) is -5.92. The van der Waals surface area contributed by atoms with Crippen molar-refractivity contribution >= 4 is 11.0 Å². The molecular weight excluding hydrogens is 568 g/mol. The molecule has 2 aliphatic heterocycles. The number of ether oxygens (including phenoxy) is 2. The smallest absolute Gasteiger partial charge is 0.197 e. The third-order valence-electron chi connectivity index (χ3n) is 7.72. The van der Waals surface area contributed by atoms with Crippen molar-refractivity contribution in [1.29, 1.82) is 0 Å². The average molecular weight is 596 g/mol. The Hall–Kier alpha value is -3.55. The molecule has 16 heteroatoms. The Morgan fingerprint density at radius 1 is 0.810 bits per heavy atom. The van der Waals surface area contributed by atoms with E-state index in [4.69, 9.17) is 13.9 Å². The van der Waals surface area contributed by atoms with Gasteiger partial charge in [0, 0.05) is 23.1 Å². The largest absolute Gasteiger partial charge is 0.507 e. The van der Waals surface area contributed by atoms with Gasteiger partial charge in [-0.25, -0.2) is 0 Å². The minimum atomic E-state index is -2.75. The fraction of sp³-hybridized carbons (Fsp3) is 0.423. The van der Waals surface area contributed by atoms with Gasteiger partial charge in [0.1, 0.15) is 46.6 Å². The highest BCUT2D eigenvalue weighted by Gasteiger charge is 2.58. The van der Waals surface area contributed by atoms with Gasteiger partial charge in [-0.05, 0) is 18.2 Å². The second kappa shape index (κ2) is 10.6. The summed E-state index contributed by atoms with van der Waals surface area (Å²) in [5, 5.41) is 124. The topological polar surface area (TPSA) is 291 Å². The molecule has 0 saturated carbocycles. The first kappa shape index (κ1) is 29.9. The van der Waals surface area contributed by atoms with Crippen molar-refractivity contribution in [2.75, 3.05) is 13.2 Å². The van der Waals surface area contributed by atoms with E-state index in [0.717, 1.165) is 18.2 Å². The van der Waals surface area contributed by atoms with Crippen LogP contribution < -0.4 is 5.43 Å². The summed E-state index contributed by atoms with van der Waals surface area (Å²) in [6.07, 6.45) is -14.0. The fourth-order valence-electron chi connectivity index (χ4n) is 5.47. The first-order valence-corrected chi connectivity index (χ1v) is 12.5. The van der Waals surface area contributed by atoms with Crippen LogP contribution in [0.15, 0.2) is 33.5 Å². The molecule has 2 aromatic carbocycles. The van der Waals surface area contributed by atoms with Crippen LogP contribution >= 0.6 is 0 Å². The van der Waals surface area contributed by atoms with E-state index in [9.17, 15) is 66.1 Å². The van der Waals surface area contributed by atoms with Gasteiger partial charge in [0.2, 0.25) is 0 Å². The van der Waals surface area contributed by atoms with Crippen LogP contribution in [0.5, 0.6) is 23.0 Å². The van der Waals surface area contributed by atoms with Crippen molar-refractivity contribution in [2.24, 2.45) is 0 Å². The van der Waals surface area contributed by atoms with Crippen LogP contribution in [-0.2, 0) is 9.47 Å². The normalized spacial score (nSPS) is 33.3. The van der Waals surface area contributed by atoms with E-state index in [1.54, 1.807) is 0 Å². The SMILES string of the molecule is O=c1cc(-c2ccc(O)c(O)c2)oc2c(C3O[C@@H](O)[C@H](O)[C@@]3(O)CO)c(O)c([C@H]3[C@H](O)[C@@H](O)[C@H](O)O[C@@H]3CO)c(O)c12. The van der Waals surface area contributed by atoms with Crippen molar-refractivity contribution < 1.29 is 75.2 Å². The van der Waals surface area contributed by atoms with Gasteiger partial charge in [-0.1, -0.05) is 0 Å². The molecule has 5 rings (SSSR count). The van der Waals surface area contributed by atoms with Gasteiger partial charge >= 0.3 is 0 Å². The molecule has 1 aromatic heterocycles. The summed E-state index contributed by atoms with van der Waals surface area (Å²) in [6, 6.07) is 4.19. The first-order valence-electron chi connectivity index (χ1n) is 12.5. The molecule has 0 amide bonds. The maximum Gasteiger partial charge on any atom is 0.197 e. The Morgan fingerprint density at radius 2 is 1.50 bits per heavy atom. The molecule has 42 heavy (non-hydrogen) atoms. The van der Waals surface area contributed by atoms with Gasteiger partial charge in [0.15, 0.2) is 35.1 Å². The number of rotatable bonds is 5. The number of aromatic hydroxyl groups is 4. The van der Waals surface area contributed by atoms with Gasteiger partial charge < -0.3 is 75.2 Å². The molecule has 2 fully saturated rings. The van der Waals surface area contributed by atoms with E-state index in [-0.39, 0.29) is 11.3 Å². The maximum absolute atomic E-state index is 13.5. The van der Waals surface area contributed by atoms with Gasteiger partial charge in [0.25, 0.3) is 0 Å². The predicted molar refractivity (Wildman–Crippen MR) is 135 cm³/mol. The second-order valence-electron chi connectivity index (χ2n) is 10.2. The third-order valence-corrected chi connectivity index (χ3v) is 7.72. The highest BCUT2D eigenvalue weighted by Crippen LogP contribution is 2.53. The second-order valence-corrected chi connectivity index (χ2v) is 10.2. The van der Waals surface area contributed by atoms with Gasteiger partial charge in [-0.2, -0.15) is 0 Å². The van der Waals surface area contributed by atoms with E-state index in [1.807, 2.05) is 0 Å². The zero-order valence-corrected chi connectivity index (χ0v) is 21.3. The predicted octanol–water partition coefficient (Wildman–Crippen LogP) is -2.73. The molecule has 12 N–H and O–H groups in total. The van der Waals surface area contributed by atoms with E-state index in [2.05, 4.69) is 0 Å². The summed E-state index contributed by atoms with van der Waals surface area (Å²) in [7, 11) is 0. The van der Waals surface area contributed by atoms with Crippen LogP contribution in [0.2, 0.25) is 0 Å². The summed E-state index contributed by atoms with van der Waals surface area (Å²) in [4.78, 5) is 13.5. The number of phenolic OH excluding ortho intramolecular Hbond substituents is 4. The first-order chi connectivity index (χ1) is 19.8. The molecule has 0 aliphatic carbocycles. The Balaban J connectivity index is 1.88. The molecule has 0 radical (unpaired) electrons. The van der Waals surface area contributed by atoms with Crippen LogP contribution in [0, 0.1) is 0 Å². The lowest BCUT2D eigenvalue weighted by molar-refractivity contribution is -0.260. The van der Waals surface area contributed by atoms with Crippen molar-refractivity contribution in [1.82, 2.24) is 0 Å². The Labute approximate surface area is 234 Å². The molecule has 2 saturated heterocycles.